The summed E-state index contributed by atoms with van der Waals surface area (Å²) in [5.74, 6) is -0.445. The molecule has 1 unspecified atom stereocenters. The average Bonchev–Trinajstić information content (AvgIpc) is 3.37. The Bertz CT molecular complexity index is 930. The zero-order valence-corrected chi connectivity index (χ0v) is 18.5. The summed E-state index contributed by atoms with van der Waals surface area (Å²) in [4.78, 5) is 39.3. The first-order valence-corrected chi connectivity index (χ1v) is 11.5. The molecule has 2 amide bonds. The lowest BCUT2D eigenvalue weighted by Gasteiger charge is -2.20. The molecule has 0 saturated carbocycles. The Morgan fingerprint density at radius 1 is 1.23 bits per heavy atom. The van der Waals surface area contributed by atoms with Crippen LogP contribution in [-0.2, 0) is 16.1 Å². The predicted molar refractivity (Wildman–Crippen MR) is 121 cm³/mol. The number of anilines is 2. The van der Waals surface area contributed by atoms with Crippen LogP contribution in [0.15, 0.2) is 34.4 Å². The Morgan fingerprint density at radius 2 is 2.00 bits per heavy atom. The van der Waals surface area contributed by atoms with Gasteiger partial charge in [-0.2, -0.15) is 0 Å². The topological polar surface area (TPSA) is 83.4 Å². The van der Waals surface area contributed by atoms with Gasteiger partial charge in [-0.15, -0.1) is 0 Å². The van der Waals surface area contributed by atoms with E-state index in [2.05, 4.69) is 21.6 Å². The fraction of sp³-hybridized carbons (Fsp3) is 0.500. The third-order valence-electron chi connectivity index (χ3n) is 5.35. The molecule has 1 aromatic carbocycles. The molecule has 0 aliphatic carbocycles. The van der Waals surface area contributed by atoms with Crippen LogP contribution in [0, 0.1) is 6.92 Å². The van der Waals surface area contributed by atoms with Gasteiger partial charge in [0.2, 0.25) is 11.8 Å². The molecule has 1 aromatic heterocycles. The van der Waals surface area contributed by atoms with Crippen LogP contribution in [-0.4, -0.2) is 35.5 Å². The second-order valence-corrected chi connectivity index (χ2v) is 8.51. The van der Waals surface area contributed by atoms with E-state index >= 15 is 0 Å². The second-order valence-electron chi connectivity index (χ2n) is 7.69. The van der Waals surface area contributed by atoms with Gasteiger partial charge in [0.25, 0.3) is 0 Å². The third-order valence-corrected chi connectivity index (χ3v) is 6.23. The monoisotopic (exact) mass is 430 g/mol. The Balaban J connectivity index is 1.58. The number of hydrogen-bond donors (Lipinski definition) is 2. The average molecular weight is 431 g/mol. The Kier molecular flexibility index (Phi) is 7.68. The Hall–Kier alpha value is -2.61. The van der Waals surface area contributed by atoms with E-state index in [9.17, 15) is 14.4 Å². The van der Waals surface area contributed by atoms with Gasteiger partial charge < -0.3 is 20.1 Å². The Labute approximate surface area is 181 Å². The van der Waals surface area contributed by atoms with Gasteiger partial charge in [0.15, 0.2) is 0 Å². The van der Waals surface area contributed by atoms with E-state index in [1.165, 1.54) is 12.8 Å². The fourth-order valence-electron chi connectivity index (χ4n) is 3.70. The summed E-state index contributed by atoms with van der Waals surface area (Å²) in [7, 11) is 0. The summed E-state index contributed by atoms with van der Waals surface area (Å²) in [6.45, 7) is 6.23. The highest BCUT2D eigenvalue weighted by atomic mass is 32.1. The van der Waals surface area contributed by atoms with Gasteiger partial charge in [0, 0.05) is 48.5 Å². The molecule has 1 atom stereocenters. The molecule has 2 N–H and O–H groups in total. The van der Waals surface area contributed by atoms with Crippen LogP contribution < -0.4 is 20.4 Å². The molecule has 2 aromatic rings. The molecule has 1 fully saturated rings. The van der Waals surface area contributed by atoms with Crippen LogP contribution in [0.5, 0.6) is 0 Å². The molecule has 0 spiro atoms. The van der Waals surface area contributed by atoms with Crippen LogP contribution in [0.2, 0.25) is 0 Å². The predicted octanol–water partition coefficient (Wildman–Crippen LogP) is 3.13. The van der Waals surface area contributed by atoms with E-state index in [1.807, 2.05) is 32.0 Å². The molecule has 3 rings (SSSR count). The number of aromatic nitrogens is 1. The number of amides is 2. The van der Waals surface area contributed by atoms with E-state index in [-0.39, 0.29) is 23.1 Å². The molecular weight excluding hydrogens is 400 g/mol. The van der Waals surface area contributed by atoms with Crippen molar-refractivity contribution in [2.24, 2.45) is 0 Å². The number of thiazole rings is 1. The van der Waals surface area contributed by atoms with E-state index in [4.69, 9.17) is 0 Å². The minimum Gasteiger partial charge on any atom is -0.371 e. The number of benzene rings is 1. The number of aryl methyl sites for hydroxylation is 1. The van der Waals surface area contributed by atoms with Crippen molar-refractivity contribution < 1.29 is 9.59 Å². The Morgan fingerprint density at radius 3 is 2.67 bits per heavy atom. The molecular formula is C22H30N4O3S. The number of nitrogens with one attached hydrogen (secondary N) is 2. The van der Waals surface area contributed by atoms with Gasteiger partial charge in [0.05, 0.1) is 0 Å². The first-order chi connectivity index (χ1) is 14.5. The highest BCUT2D eigenvalue weighted by Gasteiger charge is 2.21. The van der Waals surface area contributed by atoms with Crippen molar-refractivity contribution in [3.8, 4) is 0 Å². The molecule has 0 bridgehead atoms. The number of nitrogens with zero attached hydrogens (tertiary/aromatic N) is 2. The minimum absolute atomic E-state index is 0.0685. The van der Waals surface area contributed by atoms with E-state index in [0.29, 0.717) is 13.0 Å². The van der Waals surface area contributed by atoms with Gasteiger partial charge in [0.1, 0.15) is 6.04 Å². The molecule has 7 nitrogen and oxygen atoms in total. The van der Waals surface area contributed by atoms with Crippen molar-refractivity contribution in [1.82, 2.24) is 9.88 Å². The summed E-state index contributed by atoms with van der Waals surface area (Å²) in [5.41, 5.74) is 2.69. The number of carbonyl (C=O) groups excluding carboxylic acids is 2. The van der Waals surface area contributed by atoms with E-state index in [0.717, 1.165) is 47.9 Å². The zero-order valence-electron chi connectivity index (χ0n) is 17.6. The summed E-state index contributed by atoms with van der Waals surface area (Å²) >= 11 is 1.13. The van der Waals surface area contributed by atoms with Crippen LogP contribution in [0.4, 0.5) is 11.4 Å². The van der Waals surface area contributed by atoms with Gasteiger partial charge in [-0.25, -0.2) is 0 Å². The minimum atomic E-state index is -0.599. The molecule has 162 valence electrons. The van der Waals surface area contributed by atoms with E-state index in [1.54, 1.807) is 9.95 Å². The van der Waals surface area contributed by atoms with Crippen molar-refractivity contribution in [3.05, 3.63) is 45.0 Å². The highest BCUT2D eigenvalue weighted by molar-refractivity contribution is 7.07. The van der Waals surface area contributed by atoms with Crippen LogP contribution in [0.3, 0.4) is 0 Å². The number of hydrogen-bond acceptors (Lipinski definition) is 5. The first kappa shape index (κ1) is 22.1. The van der Waals surface area contributed by atoms with Crippen molar-refractivity contribution >= 4 is 34.5 Å². The second kappa shape index (κ2) is 10.4. The van der Waals surface area contributed by atoms with Crippen molar-refractivity contribution in [1.29, 1.82) is 0 Å². The summed E-state index contributed by atoms with van der Waals surface area (Å²) in [5, 5.41) is 7.57. The molecule has 1 aliphatic heterocycles. The third kappa shape index (κ3) is 5.72. The van der Waals surface area contributed by atoms with Gasteiger partial charge >= 0.3 is 4.87 Å². The van der Waals surface area contributed by atoms with E-state index < -0.39 is 6.04 Å². The molecule has 1 aliphatic rings. The lowest BCUT2D eigenvalue weighted by Crippen LogP contribution is -2.44. The zero-order chi connectivity index (χ0) is 21.5. The molecule has 0 radical (unpaired) electrons. The lowest BCUT2D eigenvalue weighted by atomic mass is 10.1. The van der Waals surface area contributed by atoms with Crippen LogP contribution >= 0.6 is 11.3 Å². The van der Waals surface area contributed by atoms with Gasteiger partial charge in [-0.1, -0.05) is 30.7 Å². The summed E-state index contributed by atoms with van der Waals surface area (Å²) in [6, 6.07) is 7.25. The normalized spacial score (nSPS) is 14.5. The van der Waals surface area contributed by atoms with Crippen LogP contribution in [0.1, 0.15) is 44.7 Å². The largest absolute Gasteiger partial charge is 0.371 e. The summed E-state index contributed by atoms with van der Waals surface area (Å²) in [6.07, 6.45) is 3.88. The molecule has 8 heteroatoms. The SMILES string of the molecule is CCCC(NC(=O)CCn1c(C)csc1=O)C(=O)Nc1cccc(N2CCCC2)c1. The maximum absolute atomic E-state index is 12.8. The van der Waals surface area contributed by atoms with Gasteiger partial charge in [-0.05, 0) is 44.4 Å². The van der Waals surface area contributed by atoms with Gasteiger partial charge in [-0.3, -0.25) is 14.4 Å². The molecule has 1 saturated heterocycles. The molecule has 30 heavy (non-hydrogen) atoms. The van der Waals surface area contributed by atoms with Crippen LogP contribution in [0.25, 0.3) is 0 Å². The first-order valence-electron chi connectivity index (χ1n) is 10.6. The fourth-order valence-corrected chi connectivity index (χ4v) is 4.46. The number of rotatable bonds is 9. The number of carbonyl (C=O) groups is 2. The maximum atomic E-state index is 12.8. The quantitative estimate of drug-likeness (QED) is 0.640. The smallest absolute Gasteiger partial charge is 0.307 e. The molecule has 2 heterocycles. The summed E-state index contributed by atoms with van der Waals surface area (Å²) < 4.78 is 1.59. The maximum Gasteiger partial charge on any atom is 0.307 e. The van der Waals surface area contributed by atoms with Crippen molar-refractivity contribution in [2.75, 3.05) is 23.3 Å². The van der Waals surface area contributed by atoms with Crippen molar-refractivity contribution in [3.63, 3.8) is 0 Å². The van der Waals surface area contributed by atoms with Crippen molar-refractivity contribution in [2.45, 2.75) is 58.5 Å². The standard InChI is InChI=1S/C22H30N4O3S/c1-3-7-19(24-20(27)10-13-26-16(2)15-30-22(26)29)21(28)23-17-8-6-9-18(14-17)25-11-4-5-12-25/h6,8-9,14-15,19H,3-5,7,10-13H2,1-2H3,(H,23,28)(H,24,27). The lowest BCUT2D eigenvalue weighted by molar-refractivity contribution is -0.126. The highest BCUT2D eigenvalue weighted by Crippen LogP contribution is 2.23.